The smallest absolute Gasteiger partial charge is 0.336 e. The van der Waals surface area contributed by atoms with Gasteiger partial charge >= 0.3 is 5.97 Å². The van der Waals surface area contributed by atoms with Crippen LogP contribution in [0.15, 0.2) is 4.42 Å². The standard InChI is InChI=1S/C12H16N2O5/c1-7-10(19-8(2)13-7)11(15)14-4-5-18-9(6-14)12(16)17-3/h9H,4-6H2,1-3H3. The van der Waals surface area contributed by atoms with E-state index >= 15 is 0 Å². The Kier molecular flexibility index (Phi) is 3.84. The Balaban J connectivity index is 2.11. The Bertz CT molecular complexity index is 496. The predicted molar refractivity (Wildman–Crippen MR) is 63.6 cm³/mol. The molecule has 1 unspecified atom stereocenters. The summed E-state index contributed by atoms with van der Waals surface area (Å²) in [4.78, 5) is 29.3. The van der Waals surface area contributed by atoms with Crippen molar-refractivity contribution < 1.29 is 23.5 Å². The first kappa shape index (κ1) is 13.5. The van der Waals surface area contributed by atoms with Crippen molar-refractivity contribution in [2.24, 2.45) is 0 Å². The van der Waals surface area contributed by atoms with Crippen LogP contribution in [0.25, 0.3) is 0 Å². The van der Waals surface area contributed by atoms with Crippen LogP contribution in [0.3, 0.4) is 0 Å². The highest BCUT2D eigenvalue weighted by molar-refractivity contribution is 5.93. The van der Waals surface area contributed by atoms with Gasteiger partial charge in [0, 0.05) is 13.5 Å². The monoisotopic (exact) mass is 268 g/mol. The lowest BCUT2D eigenvalue weighted by atomic mass is 10.2. The van der Waals surface area contributed by atoms with Gasteiger partial charge in [-0.1, -0.05) is 0 Å². The summed E-state index contributed by atoms with van der Waals surface area (Å²) in [5.41, 5.74) is 0.545. The third-order valence-electron chi connectivity index (χ3n) is 2.92. The number of aromatic nitrogens is 1. The molecule has 1 atom stereocenters. The number of carbonyl (C=O) groups is 2. The van der Waals surface area contributed by atoms with Crippen LogP contribution in [-0.4, -0.2) is 54.7 Å². The van der Waals surface area contributed by atoms with Gasteiger partial charge in [-0.3, -0.25) is 4.79 Å². The van der Waals surface area contributed by atoms with E-state index in [4.69, 9.17) is 9.15 Å². The average molecular weight is 268 g/mol. The first-order valence-corrected chi connectivity index (χ1v) is 5.95. The number of nitrogens with zero attached hydrogens (tertiary/aromatic N) is 2. The number of amides is 1. The molecule has 0 aliphatic carbocycles. The lowest BCUT2D eigenvalue weighted by molar-refractivity contribution is -0.158. The number of methoxy groups -OCH3 is 1. The summed E-state index contributed by atoms with van der Waals surface area (Å²) in [6.07, 6.45) is -0.743. The number of hydrogen-bond donors (Lipinski definition) is 0. The van der Waals surface area contributed by atoms with Gasteiger partial charge in [0.15, 0.2) is 12.0 Å². The molecule has 2 rings (SSSR count). The van der Waals surface area contributed by atoms with Gasteiger partial charge in [-0.15, -0.1) is 0 Å². The zero-order valence-corrected chi connectivity index (χ0v) is 11.1. The maximum atomic E-state index is 12.3. The average Bonchev–Trinajstić information content (AvgIpc) is 2.76. The molecule has 0 radical (unpaired) electrons. The molecule has 1 amide bonds. The van der Waals surface area contributed by atoms with E-state index in [-0.39, 0.29) is 24.8 Å². The zero-order chi connectivity index (χ0) is 14.0. The molecular formula is C12H16N2O5. The minimum atomic E-state index is -0.743. The largest absolute Gasteiger partial charge is 0.467 e. The molecular weight excluding hydrogens is 252 g/mol. The molecule has 0 saturated carbocycles. The molecule has 19 heavy (non-hydrogen) atoms. The summed E-state index contributed by atoms with van der Waals surface area (Å²) >= 11 is 0. The lowest BCUT2D eigenvalue weighted by Crippen LogP contribution is -2.49. The number of ether oxygens (including phenoxy) is 2. The van der Waals surface area contributed by atoms with Gasteiger partial charge in [-0.05, 0) is 6.92 Å². The predicted octanol–water partition coefficient (Wildman–Crippen LogP) is 0.305. The number of rotatable bonds is 2. The van der Waals surface area contributed by atoms with E-state index < -0.39 is 12.1 Å². The topological polar surface area (TPSA) is 81.9 Å². The SMILES string of the molecule is COC(=O)C1CN(C(=O)c2oc(C)nc2C)CCO1. The van der Waals surface area contributed by atoms with Gasteiger partial charge in [0.05, 0.1) is 26.0 Å². The van der Waals surface area contributed by atoms with Gasteiger partial charge in [-0.25, -0.2) is 9.78 Å². The Hall–Kier alpha value is -1.89. The van der Waals surface area contributed by atoms with Gasteiger partial charge in [-0.2, -0.15) is 0 Å². The summed E-state index contributed by atoms with van der Waals surface area (Å²) < 4.78 is 15.2. The molecule has 1 aliphatic rings. The molecule has 0 aromatic carbocycles. The van der Waals surface area contributed by atoms with E-state index in [0.717, 1.165) is 0 Å². The Labute approximate surface area is 110 Å². The normalized spacial score (nSPS) is 19.3. The molecule has 0 spiro atoms. The van der Waals surface area contributed by atoms with Crippen molar-refractivity contribution in [3.8, 4) is 0 Å². The fourth-order valence-corrected chi connectivity index (χ4v) is 1.98. The van der Waals surface area contributed by atoms with Crippen LogP contribution in [0.4, 0.5) is 0 Å². The highest BCUT2D eigenvalue weighted by atomic mass is 16.6. The number of carbonyl (C=O) groups excluding carboxylic acids is 2. The van der Waals surface area contributed by atoms with E-state index in [1.165, 1.54) is 12.0 Å². The van der Waals surface area contributed by atoms with Gasteiger partial charge in [0.1, 0.15) is 0 Å². The van der Waals surface area contributed by atoms with Gasteiger partial charge in [0.2, 0.25) is 5.76 Å². The number of oxazole rings is 1. The second kappa shape index (κ2) is 5.40. The minimum Gasteiger partial charge on any atom is -0.467 e. The fraction of sp³-hybridized carbons (Fsp3) is 0.583. The summed E-state index contributed by atoms with van der Waals surface area (Å²) in [5, 5.41) is 0. The Morgan fingerprint density at radius 3 is 2.74 bits per heavy atom. The molecule has 7 nitrogen and oxygen atoms in total. The number of hydrogen-bond acceptors (Lipinski definition) is 6. The molecule has 0 bridgehead atoms. The Morgan fingerprint density at radius 2 is 2.16 bits per heavy atom. The molecule has 0 N–H and O–H groups in total. The highest BCUT2D eigenvalue weighted by Crippen LogP contribution is 2.15. The van der Waals surface area contributed by atoms with Crippen molar-refractivity contribution in [2.75, 3.05) is 26.8 Å². The first-order valence-electron chi connectivity index (χ1n) is 5.95. The number of aryl methyl sites for hydroxylation is 2. The van der Waals surface area contributed by atoms with Crippen LogP contribution < -0.4 is 0 Å². The summed E-state index contributed by atoms with van der Waals surface area (Å²) in [5.74, 6) is -0.111. The maximum Gasteiger partial charge on any atom is 0.336 e. The van der Waals surface area contributed by atoms with Gasteiger partial charge < -0.3 is 18.8 Å². The van der Waals surface area contributed by atoms with E-state index in [1.54, 1.807) is 13.8 Å². The maximum absolute atomic E-state index is 12.3. The molecule has 104 valence electrons. The van der Waals surface area contributed by atoms with E-state index in [0.29, 0.717) is 18.1 Å². The molecule has 1 saturated heterocycles. The van der Waals surface area contributed by atoms with Crippen LogP contribution in [0, 0.1) is 13.8 Å². The van der Waals surface area contributed by atoms with Crippen molar-refractivity contribution in [3.63, 3.8) is 0 Å². The van der Waals surface area contributed by atoms with Crippen molar-refractivity contribution in [3.05, 3.63) is 17.3 Å². The quantitative estimate of drug-likeness (QED) is 0.718. The van der Waals surface area contributed by atoms with Crippen LogP contribution in [-0.2, 0) is 14.3 Å². The summed E-state index contributed by atoms with van der Waals surface area (Å²) in [7, 11) is 1.29. The third-order valence-corrected chi connectivity index (χ3v) is 2.92. The van der Waals surface area contributed by atoms with E-state index in [2.05, 4.69) is 9.72 Å². The number of morpholine rings is 1. The Morgan fingerprint density at radius 1 is 1.42 bits per heavy atom. The zero-order valence-electron chi connectivity index (χ0n) is 11.1. The van der Waals surface area contributed by atoms with Crippen LogP contribution in [0.1, 0.15) is 22.1 Å². The molecule has 2 heterocycles. The van der Waals surface area contributed by atoms with E-state index in [1.807, 2.05) is 0 Å². The van der Waals surface area contributed by atoms with Crippen molar-refractivity contribution in [1.82, 2.24) is 9.88 Å². The summed E-state index contributed by atoms with van der Waals surface area (Å²) in [6.45, 7) is 4.25. The molecule has 1 aromatic rings. The van der Waals surface area contributed by atoms with Crippen LogP contribution in [0.5, 0.6) is 0 Å². The second-order valence-electron chi connectivity index (χ2n) is 4.28. The van der Waals surface area contributed by atoms with Crippen molar-refractivity contribution in [1.29, 1.82) is 0 Å². The molecule has 1 fully saturated rings. The highest BCUT2D eigenvalue weighted by Gasteiger charge is 2.32. The van der Waals surface area contributed by atoms with Crippen LogP contribution in [0.2, 0.25) is 0 Å². The molecule has 7 heteroatoms. The van der Waals surface area contributed by atoms with E-state index in [9.17, 15) is 9.59 Å². The van der Waals surface area contributed by atoms with Crippen molar-refractivity contribution >= 4 is 11.9 Å². The molecule has 1 aliphatic heterocycles. The van der Waals surface area contributed by atoms with Crippen LogP contribution >= 0.6 is 0 Å². The molecule has 1 aromatic heterocycles. The number of esters is 1. The summed E-state index contributed by atoms with van der Waals surface area (Å²) in [6, 6.07) is 0. The fourth-order valence-electron chi connectivity index (χ4n) is 1.98. The first-order chi connectivity index (χ1) is 9.02. The lowest BCUT2D eigenvalue weighted by Gasteiger charge is -2.30. The van der Waals surface area contributed by atoms with Gasteiger partial charge in [0.25, 0.3) is 5.91 Å². The minimum absolute atomic E-state index is 0.157. The third kappa shape index (κ3) is 2.76. The van der Waals surface area contributed by atoms with Crippen molar-refractivity contribution in [2.45, 2.75) is 20.0 Å². The second-order valence-corrected chi connectivity index (χ2v) is 4.28.